The van der Waals surface area contributed by atoms with Gasteiger partial charge in [-0.2, -0.15) is 0 Å². The molecule has 16 heavy (non-hydrogen) atoms. The predicted molar refractivity (Wildman–Crippen MR) is 61.1 cm³/mol. The Balaban J connectivity index is 2.32. The Bertz CT molecular complexity index is 339. The summed E-state index contributed by atoms with van der Waals surface area (Å²) in [5.41, 5.74) is 0.627. The number of nitrogens with one attached hydrogen (secondary N) is 1. The van der Waals surface area contributed by atoms with Crippen LogP contribution in [0.2, 0.25) is 0 Å². The van der Waals surface area contributed by atoms with Crippen molar-refractivity contribution >= 4 is 5.91 Å². The highest BCUT2D eigenvalue weighted by Crippen LogP contribution is 2.15. The van der Waals surface area contributed by atoms with Gasteiger partial charge in [0.25, 0.3) is 0 Å². The summed E-state index contributed by atoms with van der Waals surface area (Å²) in [6, 6.07) is 6.79. The van der Waals surface area contributed by atoms with Gasteiger partial charge in [0.2, 0.25) is 5.91 Å². The number of amides is 1. The normalized spacial score (nSPS) is 10.1. The van der Waals surface area contributed by atoms with Crippen LogP contribution in [-0.2, 0) is 11.2 Å². The quantitative estimate of drug-likeness (QED) is 0.625. The fourth-order valence-electron chi connectivity index (χ4n) is 1.36. The van der Waals surface area contributed by atoms with Crippen molar-refractivity contribution in [3.05, 3.63) is 29.8 Å². The summed E-state index contributed by atoms with van der Waals surface area (Å²) in [5, 5.41) is 20.7. The summed E-state index contributed by atoms with van der Waals surface area (Å²) in [6.07, 6.45) is 1.64. The van der Waals surface area contributed by atoms with Crippen LogP contribution in [-0.4, -0.2) is 29.3 Å². The number of carbonyl (C=O) groups is 1. The Morgan fingerprint density at radius 2 is 2.00 bits per heavy atom. The molecule has 0 fully saturated rings. The summed E-state index contributed by atoms with van der Waals surface area (Å²) in [4.78, 5) is 11.4. The van der Waals surface area contributed by atoms with Crippen LogP contribution in [0.3, 0.4) is 0 Å². The minimum absolute atomic E-state index is 0.112. The van der Waals surface area contributed by atoms with Gasteiger partial charge >= 0.3 is 0 Å². The highest BCUT2D eigenvalue weighted by atomic mass is 16.3. The number of aromatic hydroxyl groups is 1. The molecule has 0 aliphatic heterocycles. The van der Waals surface area contributed by atoms with E-state index >= 15 is 0 Å². The zero-order chi connectivity index (χ0) is 11.8. The van der Waals surface area contributed by atoms with Crippen LogP contribution >= 0.6 is 0 Å². The number of phenols is 1. The van der Waals surface area contributed by atoms with Crippen molar-refractivity contribution in [2.45, 2.75) is 19.3 Å². The van der Waals surface area contributed by atoms with Gasteiger partial charge in [-0.05, 0) is 18.9 Å². The van der Waals surface area contributed by atoms with Crippen LogP contribution in [0.25, 0.3) is 0 Å². The predicted octanol–water partition coefficient (Wildman–Crippen LogP) is 0.823. The number of hydrogen-bond acceptors (Lipinski definition) is 3. The number of para-hydroxylation sites is 1. The first kappa shape index (κ1) is 12.5. The molecular formula is C12H17NO3. The van der Waals surface area contributed by atoms with Crippen LogP contribution < -0.4 is 5.32 Å². The standard InChI is InChI=1S/C12H17NO3/c14-8-4-3-7-13-12(16)9-10-5-1-2-6-11(10)15/h1-2,5-6,14-15H,3-4,7-9H2,(H,13,16). The molecule has 4 nitrogen and oxygen atoms in total. The summed E-state index contributed by atoms with van der Waals surface area (Å²) in [6.45, 7) is 0.711. The first-order valence-electron chi connectivity index (χ1n) is 5.38. The van der Waals surface area contributed by atoms with Crippen LogP contribution in [0.15, 0.2) is 24.3 Å². The number of benzene rings is 1. The SMILES string of the molecule is O=C(Cc1ccccc1O)NCCCCO. The van der Waals surface area contributed by atoms with Crippen molar-refractivity contribution in [1.29, 1.82) is 0 Å². The van der Waals surface area contributed by atoms with Crippen molar-refractivity contribution in [3.8, 4) is 5.75 Å². The van der Waals surface area contributed by atoms with E-state index in [2.05, 4.69) is 5.32 Å². The Labute approximate surface area is 94.9 Å². The molecule has 1 aromatic carbocycles. The largest absolute Gasteiger partial charge is 0.508 e. The molecule has 4 heteroatoms. The first-order chi connectivity index (χ1) is 7.74. The smallest absolute Gasteiger partial charge is 0.224 e. The molecule has 1 amide bonds. The van der Waals surface area contributed by atoms with Crippen LogP contribution in [0, 0.1) is 0 Å². The first-order valence-corrected chi connectivity index (χ1v) is 5.38. The average Bonchev–Trinajstić information content (AvgIpc) is 2.28. The lowest BCUT2D eigenvalue weighted by Crippen LogP contribution is -2.26. The molecule has 1 aromatic rings. The molecule has 3 N–H and O–H groups in total. The van der Waals surface area contributed by atoms with Crippen LogP contribution in [0.4, 0.5) is 0 Å². The molecule has 0 radical (unpaired) electrons. The van der Waals surface area contributed by atoms with Crippen molar-refractivity contribution in [3.63, 3.8) is 0 Å². The summed E-state index contributed by atoms with van der Waals surface area (Å²) in [7, 11) is 0. The van der Waals surface area contributed by atoms with E-state index in [-0.39, 0.29) is 24.7 Å². The van der Waals surface area contributed by atoms with Gasteiger partial charge in [0, 0.05) is 18.7 Å². The number of aliphatic hydroxyl groups excluding tert-OH is 1. The number of aliphatic hydroxyl groups is 1. The number of hydrogen-bond donors (Lipinski definition) is 3. The van der Waals surface area contributed by atoms with E-state index in [4.69, 9.17) is 5.11 Å². The van der Waals surface area contributed by atoms with E-state index in [1.54, 1.807) is 24.3 Å². The van der Waals surface area contributed by atoms with Crippen LogP contribution in [0.1, 0.15) is 18.4 Å². The number of rotatable bonds is 6. The monoisotopic (exact) mass is 223 g/mol. The second kappa shape index (κ2) is 6.85. The number of unbranched alkanes of at least 4 members (excludes halogenated alkanes) is 1. The molecule has 0 spiro atoms. The van der Waals surface area contributed by atoms with Gasteiger partial charge in [-0.15, -0.1) is 0 Å². The van der Waals surface area contributed by atoms with Gasteiger partial charge in [0.15, 0.2) is 0 Å². The number of carbonyl (C=O) groups excluding carboxylic acids is 1. The zero-order valence-corrected chi connectivity index (χ0v) is 9.15. The highest BCUT2D eigenvalue weighted by molar-refractivity contribution is 5.79. The topological polar surface area (TPSA) is 69.6 Å². The maximum absolute atomic E-state index is 11.4. The Kier molecular flexibility index (Phi) is 5.36. The Morgan fingerprint density at radius 1 is 1.25 bits per heavy atom. The van der Waals surface area contributed by atoms with Crippen molar-refractivity contribution in [1.82, 2.24) is 5.32 Å². The molecule has 0 heterocycles. The number of phenolic OH excluding ortho intramolecular Hbond substituents is 1. The second-order valence-corrected chi connectivity index (χ2v) is 3.59. The zero-order valence-electron chi connectivity index (χ0n) is 9.15. The Morgan fingerprint density at radius 3 is 2.69 bits per heavy atom. The molecule has 0 saturated carbocycles. The minimum Gasteiger partial charge on any atom is -0.508 e. The van der Waals surface area contributed by atoms with E-state index < -0.39 is 0 Å². The summed E-state index contributed by atoms with van der Waals surface area (Å²) < 4.78 is 0. The molecule has 0 aliphatic carbocycles. The van der Waals surface area contributed by atoms with Gasteiger partial charge in [-0.3, -0.25) is 4.79 Å². The molecule has 0 saturated heterocycles. The lowest BCUT2D eigenvalue weighted by Gasteiger charge is -2.05. The average molecular weight is 223 g/mol. The fraction of sp³-hybridized carbons (Fsp3) is 0.417. The molecule has 0 aliphatic rings. The van der Waals surface area contributed by atoms with Crippen LogP contribution in [0.5, 0.6) is 5.75 Å². The Hall–Kier alpha value is -1.55. The summed E-state index contributed by atoms with van der Waals surface area (Å²) in [5.74, 6) is 0.0347. The van der Waals surface area contributed by atoms with E-state index in [0.717, 1.165) is 6.42 Å². The van der Waals surface area contributed by atoms with Gasteiger partial charge in [-0.25, -0.2) is 0 Å². The molecule has 0 aromatic heterocycles. The maximum Gasteiger partial charge on any atom is 0.224 e. The molecule has 1 rings (SSSR count). The van der Waals surface area contributed by atoms with E-state index in [9.17, 15) is 9.90 Å². The molecular weight excluding hydrogens is 206 g/mol. The second-order valence-electron chi connectivity index (χ2n) is 3.59. The van der Waals surface area contributed by atoms with Gasteiger partial charge < -0.3 is 15.5 Å². The van der Waals surface area contributed by atoms with Gasteiger partial charge in [-0.1, -0.05) is 18.2 Å². The lowest BCUT2D eigenvalue weighted by atomic mass is 10.1. The minimum atomic E-state index is -0.112. The van der Waals surface area contributed by atoms with Crippen molar-refractivity contribution in [2.24, 2.45) is 0 Å². The lowest BCUT2D eigenvalue weighted by molar-refractivity contribution is -0.120. The van der Waals surface area contributed by atoms with E-state index in [1.807, 2.05) is 0 Å². The molecule has 0 unspecified atom stereocenters. The third-order valence-corrected chi connectivity index (χ3v) is 2.25. The molecule has 0 atom stereocenters. The molecule has 88 valence electrons. The van der Waals surface area contributed by atoms with Gasteiger partial charge in [0.1, 0.15) is 5.75 Å². The van der Waals surface area contributed by atoms with Crippen molar-refractivity contribution < 1.29 is 15.0 Å². The van der Waals surface area contributed by atoms with E-state index in [0.29, 0.717) is 18.5 Å². The maximum atomic E-state index is 11.4. The highest BCUT2D eigenvalue weighted by Gasteiger charge is 2.05. The third kappa shape index (κ3) is 4.31. The fourth-order valence-corrected chi connectivity index (χ4v) is 1.36. The van der Waals surface area contributed by atoms with Crippen molar-refractivity contribution in [2.75, 3.05) is 13.2 Å². The third-order valence-electron chi connectivity index (χ3n) is 2.25. The van der Waals surface area contributed by atoms with E-state index in [1.165, 1.54) is 0 Å². The van der Waals surface area contributed by atoms with Gasteiger partial charge in [0.05, 0.1) is 6.42 Å². The summed E-state index contributed by atoms with van der Waals surface area (Å²) >= 11 is 0. The molecule has 0 bridgehead atoms.